The van der Waals surface area contributed by atoms with Crippen LogP contribution in [0.3, 0.4) is 0 Å². The van der Waals surface area contributed by atoms with Gasteiger partial charge in [-0.25, -0.2) is 4.79 Å². The summed E-state index contributed by atoms with van der Waals surface area (Å²) in [7, 11) is 0. The number of likely N-dealkylation sites (tertiary alicyclic amines) is 2. The van der Waals surface area contributed by atoms with E-state index in [1.54, 1.807) is 0 Å². The predicted octanol–water partition coefficient (Wildman–Crippen LogP) is 2.49. The van der Waals surface area contributed by atoms with E-state index in [2.05, 4.69) is 4.90 Å². The van der Waals surface area contributed by atoms with Gasteiger partial charge in [-0.15, -0.1) is 0 Å². The molecule has 5 nitrogen and oxygen atoms in total. The molecular weight excluding hydrogens is 304 g/mol. The van der Waals surface area contributed by atoms with Crippen molar-refractivity contribution in [2.24, 2.45) is 5.92 Å². The fraction of sp³-hybridized carbons (Fsp3) is 0.632. The Morgan fingerprint density at radius 3 is 2.38 bits per heavy atom. The molecule has 132 valence electrons. The minimum absolute atomic E-state index is 0.109. The highest BCUT2D eigenvalue weighted by molar-refractivity contribution is 5.67. The first-order valence-corrected chi connectivity index (χ1v) is 9.07. The average molecular weight is 332 g/mol. The molecular formula is C19H28N2O3. The Morgan fingerprint density at radius 2 is 1.71 bits per heavy atom. The number of piperidine rings is 2. The van der Waals surface area contributed by atoms with Crippen molar-refractivity contribution in [2.75, 3.05) is 32.7 Å². The molecule has 0 aliphatic carbocycles. The molecule has 1 aromatic carbocycles. The van der Waals surface area contributed by atoms with Crippen molar-refractivity contribution < 1.29 is 14.6 Å². The number of benzene rings is 1. The number of ether oxygens (including phenoxy) is 1. The summed E-state index contributed by atoms with van der Waals surface area (Å²) in [5.41, 5.74) is 1.02. The van der Waals surface area contributed by atoms with Gasteiger partial charge in [-0.3, -0.25) is 0 Å². The Morgan fingerprint density at radius 1 is 1.04 bits per heavy atom. The molecule has 0 radical (unpaired) electrons. The molecule has 1 N–H and O–H groups in total. The van der Waals surface area contributed by atoms with Gasteiger partial charge in [0, 0.05) is 32.7 Å². The zero-order valence-electron chi connectivity index (χ0n) is 14.3. The van der Waals surface area contributed by atoms with Gasteiger partial charge in [0.05, 0.1) is 6.10 Å². The molecule has 0 aromatic heterocycles. The Hall–Kier alpha value is -1.59. The first-order chi connectivity index (χ1) is 11.7. The second-order valence-corrected chi connectivity index (χ2v) is 7.00. The molecule has 0 atom stereocenters. The van der Waals surface area contributed by atoms with Crippen LogP contribution >= 0.6 is 0 Å². The lowest BCUT2D eigenvalue weighted by Gasteiger charge is -2.36. The van der Waals surface area contributed by atoms with Crippen LogP contribution in [0, 0.1) is 5.92 Å². The van der Waals surface area contributed by atoms with Crippen molar-refractivity contribution in [3.63, 3.8) is 0 Å². The van der Waals surface area contributed by atoms with E-state index in [1.165, 1.54) is 0 Å². The molecule has 0 saturated carbocycles. The van der Waals surface area contributed by atoms with Gasteiger partial charge in [0.25, 0.3) is 0 Å². The predicted molar refractivity (Wildman–Crippen MR) is 92.6 cm³/mol. The summed E-state index contributed by atoms with van der Waals surface area (Å²) in [5.74, 6) is 0.651. The van der Waals surface area contributed by atoms with Crippen LogP contribution in [0.2, 0.25) is 0 Å². The highest BCUT2D eigenvalue weighted by Crippen LogP contribution is 2.21. The van der Waals surface area contributed by atoms with Crippen molar-refractivity contribution in [1.29, 1.82) is 0 Å². The Bertz CT molecular complexity index is 507. The van der Waals surface area contributed by atoms with Crippen LogP contribution in [0.1, 0.15) is 31.2 Å². The smallest absolute Gasteiger partial charge is 0.410 e. The summed E-state index contributed by atoms with van der Waals surface area (Å²) in [6.45, 7) is 5.01. The van der Waals surface area contributed by atoms with Crippen molar-refractivity contribution in [3.05, 3.63) is 35.9 Å². The number of amides is 1. The third kappa shape index (κ3) is 4.95. The zero-order valence-corrected chi connectivity index (χ0v) is 14.3. The maximum Gasteiger partial charge on any atom is 0.410 e. The molecule has 24 heavy (non-hydrogen) atoms. The SMILES string of the molecule is O=C(OCc1ccccc1)N1CCC(CN2CCC(O)CC2)CC1. The molecule has 2 aliphatic rings. The summed E-state index contributed by atoms with van der Waals surface area (Å²) in [6.07, 6.45) is 3.56. The standard InChI is InChI=1S/C19H28N2O3/c22-18-8-10-20(11-9-18)14-16-6-12-21(13-7-16)19(23)24-15-17-4-2-1-3-5-17/h1-5,16,18,22H,6-15H2. The quantitative estimate of drug-likeness (QED) is 0.920. The van der Waals surface area contributed by atoms with E-state index < -0.39 is 0 Å². The van der Waals surface area contributed by atoms with Crippen molar-refractivity contribution in [3.8, 4) is 0 Å². The van der Waals surface area contributed by atoms with E-state index >= 15 is 0 Å². The maximum absolute atomic E-state index is 12.2. The lowest BCUT2D eigenvalue weighted by atomic mass is 9.95. The van der Waals surface area contributed by atoms with Gasteiger partial charge in [-0.2, -0.15) is 0 Å². The summed E-state index contributed by atoms with van der Waals surface area (Å²) in [5, 5.41) is 9.58. The molecule has 2 fully saturated rings. The van der Waals surface area contributed by atoms with Gasteiger partial charge >= 0.3 is 6.09 Å². The van der Waals surface area contributed by atoms with E-state index in [0.29, 0.717) is 12.5 Å². The Labute approximate surface area is 144 Å². The maximum atomic E-state index is 12.2. The molecule has 2 saturated heterocycles. The lowest BCUT2D eigenvalue weighted by Crippen LogP contribution is -2.44. The first kappa shape index (κ1) is 17.2. The fourth-order valence-electron chi connectivity index (χ4n) is 3.58. The van der Waals surface area contributed by atoms with Gasteiger partial charge in [0.1, 0.15) is 6.61 Å². The number of aliphatic hydroxyl groups is 1. The van der Waals surface area contributed by atoms with Gasteiger partial charge < -0.3 is 19.6 Å². The second kappa shape index (κ2) is 8.49. The van der Waals surface area contributed by atoms with Crippen LogP contribution < -0.4 is 0 Å². The molecule has 5 heteroatoms. The second-order valence-electron chi connectivity index (χ2n) is 7.00. The van der Waals surface area contributed by atoms with Crippen LogP contribution in [0.15, 0.2) is 30.3 Å². The number of hydrogen-bond acceptors (Lipinski definition) is 4. The van der Waals surface area contributed by atoms with Gasteiger partial charge in [-0.05, 0) is 37.2 Å². The van der Waals surface area contributed by atoms with Gasteiger partial charge in [0.15, 0.2) is 0 Å². The van der Waals surface area contributed by atoms with Gasteiger partial charge in [-0.1, -0.05) is 30.3 Å². The normalized spacial score (nSPS) is 21.0. The van der Waals surface area contributed by atoms with Crippen LogP contribution in [0.4, 0.5) is 4.79 Å². The molecule has 1 amide bonds. The summed E-state index contributed by atoms with van der Waals surface area (Å²) < 4.78 is 5.41. The van der Waals surface area contributed by atoms with Crippen molar-refractivity contribution in [2.45, 2.75) is 38.4 Å². The van der Waals surface area contributed by atoms with E-state index in [9.17, 15) is 9.90 Å². The molecule has 0 bridgehead atoms. The van der Waals surface area contributed by atoms with Crippen LogP contribution in [0.25, 0.3) is 0 Å². The first-order valence-electron chi connectivity index (χ1n) is 9.07. The minimum Gasteiger partial charge on any atom is -0.445 e. The lowest BCUT2D eigenvalue weighted by molar-refractivity contribution is 0.0574. The number of nitrogens with zero attached hydrogens (tertiary/aromatic N) is 2. The molecule has 2 heterocycles. The van der Waals surface area contributed by atoms with E-state index in [4.69, 9.17) is 4.74 Å². The van der Waals surface area contributed by atoms with E-state index in [1.807, 2.05) is 35.2 Å². The van der Waals surface area contributed by atoms with Crippen LogP contribution in [-0.2, 0) is 11.3 Å². The molecule has 3 rings (SSSR count). The van der Waals surface area contributed by atoms with Crippen LogP contribution in [0.5, 0.6) is 0 Å². The van der Waals surface area contributed by atoms with Crippen LogP contribution in [-0.4, -0.2) is 59.8 Å². The monoisotopic (exact) mass is 332 g/mol. The van der Waals surface area contributed by atoms with Crippen molar-refractivity contribution >= 4 is 6.09 Å². The number of carbonyl (C=O) groups is 1. The van der Waals surface area contributed by atoms with Crippen molar-refractivity contribution in [1.82, 2.24) is 9.80 Å². The number of aliphatic hydroxyl groups excluding tert-OH is 1. The zero-order chi connectivity index (χ0) is 16.8. The Balaban J connectivity index is 1.36. The largest absolute Gasteiger partial charge is 0.445 e. The average Bonchev–Trinajstić information content (AvgIpc) is 2.63. The summed E-state index contributed by atoms with van der Waals surface area (Å²) >= 11 is 0. The molecule has 2 aliphatic heterocycles. The number of rotatable bonds is 4. The minimum atomic E-state index is -0.196. The topological polar surface area (TPSA) is 53.0 Å². The summed E-state index contributed by atoms with van der Waals surface area (Å²) in [6, 6.07) is 9.80. The van der Waals surface area contributed by atoms with E-state index in [0.717, 1.165) is 64.0 Å². The number of hydrogen-bond donors (Lipinski definition) is 1. The highest BCUT2D eigenvalue weighted by Gasteiger charge is 2.26. The van der Waals surface area contributed by atoms with Gasteiger partial charge in [0.2, 0.25) is 0 Å². The Kier molecular flexibility index (Phi) is 6.10. The fourth-order valence-corrected chi connectivity index (χ4v) is 3.58. The highest BCUT2D eigenvalue weighted by atomic mass is 16.6. The van der Waals surface area contributed by atoms with E-state index in [-0.39, 0.29) is 12.2 Å². The molecule has 1 aromatic rings. The third-order valence-corrected chi connectivity index (χ3v) is 5.15. The number of carbonyl (C=O) groups excluding carboxylic acids is 1. The molecule has 0 unspecified atom stereocenters. The summed E-state index contributed by atoms with van der Waals surface area (Å²) in [4.78, 5) is 16.5. The third-order valence-electron chi connectivity index (χ3n) is 5.15. The molecule has 0 spiro atoms.